The van der Waals surface area contributed by atoms with E-state index in [0.29, 0.717) is 13.0 Å². The quantitative estimate of drug-likeness (QED) is 0.341. The summed E-state index contributed by atoms with van der Waals surface area (Å²) in [7, 11) is 0. The first-order chi connectivity index (χ1) is 9.61. The molecule has 0 rings (SSSR count). The Balaban J connectivity index is 3.59. The first-order valence-corrected chi connectivity index (χ1v) is 7.48. The summed E-state index contributed by atoms with van der Waals surface area (Å²) in [5.74, 6) is -1.23. The molecule has 0 fully saturated rings. The Bertz CT molecular complexity index is 272. The Morgan fingerprint density at radius 2 is 1.70 bits per heavy atom. The molecule has 0 aromatic carbocycles. The zero-order valence-corrected chi connectivity index (χ0v) is 12.4. The standard InChI is InChI=1S/C14H28N2O4/c1-2-3-4-5-6-10-13(17)19-20-14(18)12(16)9-7-8-11-15/h12H,2-11,15-16H2,1H3. The van der Waals surface area contributed by atoms with Gasteiger partial charge in [-0.1, -0.05) is 39.0 Å². The number of unbranched alkanes of at least 4 members (excludes halogenated alkanes) is 5. The Morgan fingerprint density at radius 1 is 1.00 bits per heavy atom. The van der Waals surface area contributed by atoms with Crippen LogP contribution in [0.4, 0.5) is 0 Å². The van der Waals surface area contributed by atoms with Crippen LogP contribution >= 0.6 is 0 Å². The van der Waals surface area contributed by atoms with E-state index in [1.165, 1.54) is 6.42 Å². The molecule has 0 saturated carbocycles. The Hall–Kier alpha value is -1.14. The number of carbonyl (C=O) groups excluding carboxylic acids is 2. The molecule has 0 aromatic heterocycles. The van der Waals surface area contributed by atoms with Crippen LogP contribution in [0.15, 0.2) is 0 Å². The van der Waals surface area contributed by atoms with Crippen molar-refractivity contribution in [3.05, 3.63) is 0 Å². The molecule has 0 saturated heterocycles. The Labute approximate surface area is 121 Å². The summed E-state index contributed by atoms with van der Waals surface area (Å²) in [5.41, 5.74) is 10.9. The van der Waals surface area contributed by atoms with E-state index < -0.39 is 18.0 Å². The predicted octanol–water partition coefficient (Wildman–Crippen LogP) is 1.80. The molecule has 1 atom stereocenters. The molecule has 0 aliphatic heterocycles. The number of rotatable bonds is 11. The maximum Gasteiger partial charge on any atom is 0.372 e. The van der Waals surface area contributed by atoms with Crippen molar-refractivity contribution in [2.75, 3.05) is 6.54 Å². The lowest BCUT2D eigenvalue weighted by atomic mass is 10.1. The molecule has 0 bridgehead atoms. The van der Waals surface area contributed by atoms with E-state index in [0.717, 1.165) is 38.5 Å². The Morgan fingerprint density at radius 3 is 2.35 bits per heavy atom. The van der Waals surface area contributed by atoms with Gasteiger partial charge in [-0.3, -0.25) is 0 Å². The van der Waals surface area contributed by atoms with Crippen molar-refractivity contribution in [2.45, 2.75) is 70.8 Å². The minimum atomic E-state index is -0.765. The van der Waals surface area contributed by atoms with Crippen LogP contribution in [0.1, 0.15) is 64.7 Å². The van der Waals surface area contributed by atoms with E-state index in [-0.39, 0.29) is 6.42 Å². The highest BCUT2D eigenvalue weighted by Crippen LogP contribution is 2.06. The van der Waals surface area contributed by atoms with E-state index in [9.17, 15) is 9.59 Å². The minimum absolute atomic E-state index is 0.263. The van der Waals surface area contributed by atoms with Gasteiger partial charge in [0.25, 0.3) is 0 Å². The van der Waals surface area contributed by atoms with Gasteiger partial charge in [0, 0.05) is 0 Å². The fourth-order valence-corrected chi connectivity index (χ4v) is 1.69. The van der Waals surface area contributed by atoms with Gasteiger partial charge in [0.2, 0.25) is 0 Å². The third-order valence-electron chi connectivity index (χ3n) is 2.97. The number of hydrogen-bond acceptors (Lipinski definition) is 6. The SMILES string of the molecule is CCCCCCCC(=O)OOC(=O)C(N)CCCCN. The van der Waals surface area contributed by atoms with Crippen LogP contribution in [0.25, 0.3) is 0 Å². The third-order valence-corrected chi connectivity index (χ3v) is 2.97. The van der Waals surface area contributed by atoms with Gasteiger partial charge in [-0.05, 0) is 25.8 Å². The molecule has 1 unspecified atom stereocenters. The van der Waals surface area contributed by atoms with Gasteiger partial charge in [-0.15, -0.1) is 0 Å². The molecular formula is C14H28N2O4. The van der Waals surface area contributed by atoms with Gasteiger partial charge < -0.3 is 11.5 Å². The van der Waals surface area contributed by atoms with Crippen LogP contribution in [0.3, 0.4) is 0 Å². The van der Waals surface area contributed by atoms with E-state index in [1.807, 2.05) is 0 Å². The molecule has 6 heteroatoms. The molecule has 0 aliphatic carbocycles. The van der Waals surface area contributed by atoms with Gasteiger partial charge in [-0.25, -0.2) is 19.4 Å². The zero-order chi connectivity index (χ0) is 15.2. The van der Waals surface area contributed by atoms with E-state index in [4.69, 9.17) is 11.5 Å². The highest BCUT2D eigenvalue weighted by Gasteiger charge is 2.17. The average molecular weight is 288 g/mol. The largest absolute Gasteiger partial charge is 0.372 e. The monoisotopic (exact) mass is 288 g/mol. The zero-order valence-electron chi connectivity index (χ0n) is 12.4. The second-order valence-corrected chi connectivity index (χ2v) is 4.91. The van der Waals surface area contributed by atoms with Crippen LogP contribution in [-0.2, 0) is 19.4 Å². The lowest BCUT2D eigenvalue weighted by Crippen LogP contribution is -2.33. The lowest BCUT2D eigenvalue weighted by molar-refractivity contribution is -0.260. The van der Waals surface area contributed by atoms with Crippen molar-refractivity contribution in [3.8, 4) is 0 Å². The van der Waals surface area contributed by atoms with Crippen LogP contribution in [-0.4, -0.2) is 24.5 Å². The highest BCUT2D eigenvalue weighted by molar-refractivity contribution is 5.76. The van der Waals surface area contributed by atoms with Crippen LogP contribution in [0, 0.1) is 0 Å². The van der Waals surface area contributed by atoms with Crippen LogP contribution in [0.2, 0.25) is 0 Å². The topological polar surface area (TPSA) is 105 Å². The predicted molar refractivity (Wildman–Crippen MR) is 76.4 cm³/mol. The van der Waals surface area contributed by atoms with Crippen molar-refractivity contribution < 1.29 is 19.4 Å². The molecular weight excluding hydrogens is 260 g/mol. The molecule has 6 nitrogen and oxygen atoms in total. The second-order valence-electron chi connectivity index (χ2n) is 4.91. The summed E-state index contributed by atoms with van der Waals surface area (Å²) in [6, 6.07) is -0.765. The molecule has 0 spiro atoms. The van der Waals surface area contributed by atoms with Gasteiger partial charge in [0.05, 0.1) is 6.42 Å². The molecule has 20 heavy (non-hydrogen) atoms. The average Bonchev–Trinajstić information content (AvgIpc) is 2.44. The first kappa shape index (κ1) is 18.9. The molecule has 0 aromatic rings. The second kappa shape index (κ2) is 12.9. The lowest BCUT2D eigenvalue weighted by Gasteiger charge is -2.09. The fourth-order valence-electron chi connectivity index (χ4n) is 1.69. The van der Waals surface area contributed by atoms with Crippen molar-refractivity contribution in [3.63, 3.8) is 0 Å². The van der Waals surface area contributed by atoms with E-state index in [1.54, 1.807) is 0 Å². The maximum absolute atomic E-state index is 11.4. The van der Waals surface area contributed by atoms with E-state index >= 15 is 0 Å². The van der Waals surface area contributed by atoms with Crippen molar-refractivity contribution in [1.82, 2.24) is 0 Å². The Kier molecular flexibility index (Phi) is 12.1. The number of carbonyl (C=O) groups is 2. The molecule has 0 amide bonds. The van der Waals surface area contributed by atoms with Crippen molar-refractivity contribution in [2.24, 2.45) is 11.5 Å². The van der Waals surface area contributed by atoms with Gasteiger partial charge in [0.15, 0.2) is 0 Å². The van der Waals surface area contributed by atoms with Gasteiger partial charge in [-0.2, -0.15) is 0 Å². The summed E-state index contributed by atoms with van der Waals surface area (Å²) in [6.07, 6.45) is 7.45. The summed E-state index contributed by atoms with van der Waals surface area (Å²) in [6.45, 7) is 2.69. The van der Waals surface area contributed by atoms with Crippen molar-refractivity contribution >= 4 is 11.9 Å². The molecule has 0 aliphatic rings. The van der Waals surface area contributed by atoms with Crippen LogP contribution in [0.5, 0.6) is 0 Å². The number of hydrogen-bond donors (Lipinski definition) is 2. The molecule has 118 valence electrons. The van der Waals surface area contributed by atoms with Gasteiger partial charge >= 0.3 is 11.9 Å². The minimum Gasteiger partial charge on any atom is -0.330 e. The molecule has 0 radical (unpaired) electrons. The fraction of sp³-hybridized carbons (Fsp3) is 0.857. The summed E-state index contributed by atoms with van der Waals surface area (Å²) in [4.78, 5) is 31.6. The highest BCUT2D eigenvalue weighted by atomic mass is 17.2. The van der Waals surface area contributed by atoms with Gasteiger partial charge in [0.1, 0.15) is 6.04 Å². The third kappa shape index (κ3) is 10.8. The number of nitrogens with two attached hydrogens (primary N) is 2. The maximum atomic E-state index is 11.4. The normalized spacial score (nSPS) is 11.9. The summed E-state index contributed by atoms with van der Waals surface area (Å²) >= 11 is 0. The van der Waals surface area contributed by atoms with Crippen molar-refractivity contribution in [1.29, 1.82) is 0 Å². The smallest absolute Gasteiger partial charge is 0.330 e. The van der Waals surface area contributed by atoms with E-state index in [2.05, 4.69) is 16.7 Å². The molecule has 4 N–H and O–H groups in total. The summed E-state index contributed by atoms with van der Waals surface area (Å²) in [5, 5.41) is 0. The summed E-state index contributed by atoms with van der Waals surface area (Å²) < 4.78 is 0. The van der Waals surface area contributed by atoms with Crippen LogP contribution < -0.4 is 11.5 Å². The molecule has 0 heterocycles. The first-order valence-electron chi connectivity index (χ1n) is 7.48.